The summed E-state index contributed by atoms with van der Waals surface area (Å²) in [5.41, 5.74) is 4.76. The van der Waals surface area contributed by atoms with Crippen LogP contribution >= 0.6 is 11.3 Å². The molecule has 0 bridgehead atoms. The lowest BCUT2D eigenvalue weighted by Gasteiger charge is -2.11. The Morgan fingerprint density at radius 1 is 0.875 bits per heavy atom. The molecule has 3 heterocycles. The molecule has 9 heteroatoms. The first-order valence-electron chi connectivity index (χ1n) is 12.9. The summed E-state index contributed by atoms with van der Waals surface area (Å²) in [6.07, 6.45) is 1.81. The van der Waals surface area contributed by atoms with E-state index < -0.39 is 0 Å². The minimum absolute atomic E-state index is 0.354. The van der Waals surface area contributed by atoms with E-state index >= 15 is 0 Å². The van der Waals surface area contributed by atoms with E-state index in [9.17, 15) is 0 Å². The van der Waals surface area contributed by atoms with Gasteiger partial charge in [-0.05, 0) is 52.1 Å². The van der Waals surface area contributed by atoms with E-state index in [0.29, 0.717) is 52.9 Å². The molecule has 3 aromatic heterocycles. The van der Waals surface area contributed by atoms with Crippen LogP contribution in [0.4, 0.5) is 0 Å². The quantitative estimate of drug-likeness (QED) is 0.173. The van der Waals surface area contributed by atoms with Gasteiger partial charge in [0.2, 0.25) is 4.96 Å². The Hall–Kier alpha value is -4.50. The molecular weight excluding hydrogens is 526 g/mol. The van der Waals surface area contributed by atoms with Crippen LogP contribution in [0.25, 0.3) is 27.4 Å². The van der Waals surface area contributed by atoms with Crippen molar-refractivity contribution in [2.75, 3.05) is 14.2 Å². The van der Waals surface area contributed by atoms with Crippen molar-refractivity contribution in [1.82, 2.24) is 14.6 Å². The van der Waals surface area contributed by atoms with Gasteiger partial charge in [-0.25, -0.2) is 9.50 Å². The Morgan fingerprint density at radius 2 is 1.70 bits per heavy atom. The average molecular weight is 556 g/mol. The number of hydrogen-bond donors (Lipinski definition) is 0. The second-order valence-corrected chi connectivity index (χ2v) is 10.6. The topological polar surface area (TPSA) is 80.2 Å². The van der Waals surface area contributed by atoms with Gasteiger partial charge in [0.1, 0.15) is 41.7 Å². The summed E-state index contributed by atoms with van der Waals surface area (Å²) in [6.45, 7) is 5.24. The average Bonchev–Trinajstić information content (AvgIpc) is 3.68. The molecule has 0 aliphatic carbocycles. The lowest BCUT2D eigenvalue weighted by atomic mass is 10.0. The third kappa shape index (κ3) is 5.33. The maximum Gasteiger partial charge on any atom is 0.294 e. The summed E-state index contributed by atoms with van der Waals surface area (Å²) >= 11 is 1.36. The minimum atomic E-state index is 0.354. The first-order chi connectivity index (χ1) is 19.5. The molecule has 0 fully saturated rings. The van der Waals surface area contributed by atoms with Gasteiger partial charge in [0.25, 0.3) is 5.19 Å². The molecular formula is C31H29N3O5S. The molecule has 0 radical (unpaired) electrons. The van der Waals surface area contributed by atoms with Crippen LogP contribution in [0.3, 0.4) is 0 Å². The van der Waals surface area contributed by atoms with Gasteiger partial charge in [0.05, 0.1) is 25.8 Å². The molecule has 0 saturated heterocycles. The number of benzene rings is 3. The highest BCUT2D eigenvalue weighted by molar-refractivity contribution is 7.18. The number of imidazole rings is 1. The largest absolute Gasteiger partial charge is 0.496 e. The molecule has 8 nitrogen and oxygen atoms in total. The Bertz CT molecular complexity index is 1740. The maximum absolute atomic E-state index is 6.28. The van der Waals surface area contributed by atoms with Crippen LogP contribution in [-0.4, -0.2) is 28.8 Å². The zero-order valence-electron chi connectivity index (χ0n) is 22.7. The van der Waals surface area contributed by atoms with E-state index in [-0.39, 0.29) is 0 Å². The van der Waals surface area contributed by atoms with E-state index in [1.54, 1.807) is 18.7 Å². The summed E-state index contributed by atoms with van der Waals surface area (Å²) in [5.74, 6) is 3.21. The highest BCUT2D eigenvalue weighted by Gasteiger charge is 2.17. The summed E-state index contributed by atoms with van der Waals surface area (Å²) < 4.78 is 30.9. The number of ether oxygens (including phenoxy) is 4. The van der Waals surface area contributed by atoms with Crippen LogP contribution in [0.2, 0.25) is 0 Å². The Balaban J connectivity index is 1.18. The van der Waals surface area contributed by atoms with Crippen molar-refractivity contribution >= 4 is 27.3 Å². The van der Waals surface area contributed by atoms with E-state index in [2.05, 4.69) is 48.2 Å². The van der Waals surface area contributed by atoms with Crippen molar-refractivity contribution in [3.63, 3.8) is 0 Å². The van der Waals surface area contributed by atoms with Gasteiger partial charge in [-0.1, -0.05) is 50.2 Å². The lowest BCUT2D eigenvalue weighted by Crippen LogP contribution is -1.99. The summed E-state index contributed by atoms with van der Waals surface area (Å²) in [5, 5.41) is 5.72. The predicted octanol–water partition coefficient (Wildman–Crippen LogP) is 7.50. The van der Waals surface area contributed by atoms with Gasteiger partial charge >= 0.3 is 0 Å². The van der Waals surface area contributed by atoms with Gasteiger partial charge in [0, 0.05) is 12.1 Å². The highest BCUT2D eigenvalue weighted by atomic mass is 32.1. The first-order valence-corrected chi connectivity index (χ1v) is 13.8. The van der Waals surface area contributed by atoms with Crippen molar-refractivity contribution in [2.45, 2.75) is 33.0 Å². The number of furan rings is 1. The van der Waals surface area contributed by atoms with Crippen LogP contribution in [0.1, 0.15) is 36.5 Å². The van der Waals surface area contributed by atoms with Gasteiger partial charge in [0.15, 0.2) is 5.76 Å². The fourth-order valence-electron chi connectivity index (χ4n) is 4.38. The van der Waals surface area contributed by atoms with Crippen molar-refractivity contribution in [3.05, 3.63) is 89.6 Å². The Kier molecular flexibility index (Phi) is 7.04. The number of aromatic nitrogens is 3. The Labute approximate surface area is 235 Å². The van der Waals surface area contributed by atoms with Crippen molar-refractivity contribution < 1.29 is 23.4 Å². The van der Waals surface area contributed by atoms with E-state index in [1.807, 2.05) is 48.7 Å². The molecule has 3 aromatic carbocycles. The molecule has 0 spiro atoms. The molecule has 0 N–H and O–H groups in total. The summed E-state index contributed by atoms with van der Waals surface area (Å²) in [4.78, 5) is 5.35. The molecule has 0 unspecified atom stereocenters. The van der Waals surface area contributed by atoms with Crippen LogP contribution in [-0.2, 0) is 13.2 Å². The SMILES string of the molecule is COc1cc(OCc2cccc(OCc3ccc(C(C)C)cc3)c2)c2cc(-c3cn4nc(OC)sc4n3)oc2c1. The van der Waals surface area contributed by atoms with E-state index in [0.717, 1.165) is 27.2 Å². The second kappa shape index (κ2) is 10.9. The molecule has 0 amide bonds. The third-order valence-electron chi connectivity index (χ3n) is 6.61. The zero-order chi connectivity index (χ0) is 27.6. The zero-order valence-corrected chi connectivity index (χ0v) is 23.5. The first kappa shape index (κ1) is 25.8. The fourth-order valence-corrected chi connectivity index (χ4v) is 5.08. The van der Waals surface area contributed by atoms with Gasteiger partial charge in [-0.3, -0.25) is 0 Å². The van der Waals surface area contributed by atoms with E-state index in [1.165, 1.54) is 16.9 Å². The third-order valence-corrected chi connectivity index (χ3v) is 7.49. The maximum atomic E-state index is 6.28. The summed E-state index contributed by atoms with van der Waals surface area (Å²) in [6, 6.07) is 22.1. The number of fused-ring (bicyclic) bond motifs is 2. The number of rotatable bonds is 10. The van der Waals surface area contributed by atoms with Crippen molar-refractivity contribution in [3.8, 4) is 33.9 Å². The van der Waals surface area contributed by atoms with E-state index in [4.69, 9.17) is 23.4 Å². The molecule has 0 aliphatic rings. The molecule has 6 rings (SSSR count). The van der Waals surface area contributed by atoms with Crippen LogP contribution in [0.5, 0.6) is 22.4 Å². The predicted molar refractivity (Wildman–Crippen MR) is 155 cm³/mol. The van der Waals surface area contributed by atoms with Crippen LogP contribution < -0.4 is 18.9 Å². The molecule has 204 valence electrons. The minimum Gasteiger partial charge on any atom is -0.496 e. The monoisotopic (exact) mass is 555 g/mol. The summed E-state index contributed by atoms with van der Waals surface area (Å²) in [7, 11) is 3.21. The fraction of sp³-hybridized carbons (Fsp3) is 0.226. The van der Waals surface area contributed by atoms with Crippen LogP contribution in [0.15, 0.2) is 77.3 Å². The smallest absolute Gasteiger partial charge is 0.294 e. The Morgan fingerprint density at radius 3 is 2.45 bits per heavy atom. The molecule has 0 saturated carbocycles. The van der Waals surface area contributed by atoms with Gasteiger partial charge < -0.3 is 23.4 Å². The number of nitrogens with zero attached hydrogens (tertiary/aromatic N) is 3. The highest BCUT2D eigenvalue weighted by Crippen LogP contribution is 2.37. The molecule has 40 heavy (non-hydrogen) atoms. The number of hydrogen-bond acceptors (Lipinski definition) is 8. The van der Waals surface area contributed by atoms with Crippen molar-refractivity contribution in [2.24, 2.45) is 0 Å². The standard InChI is InChI=1S/C31H29N3O5S/c1-19(2)22-10-8-20(9-11-22)17-37-23-7-5-6-21(12-23)18-38-27-13-24(35-3)14-28-25(27)15-29(39-28)26-16-34-30(32-26)40-31(33-34)36-4/h5-16,19H,17-18H2,1-4H3. The van der Waals surface area contributed by atoms with Gasteiger partial charge in [-0.15, -0.1) is 5.10 Å². The molecule has 6 aromatic rings. The second-order valence-electron chi connectivity index (χ2n) is 9.69. The lowest BCUT2D eigenvalue weighted by molar-refractivity contribution is 0.296. The normalized spacial score (nSPS) is 11.4. The van der Waals surface area contributed by atoms with Gasteiger partial charge in [-0.2, -0.15) is 0 Å². The number of methoxy groups -OCH3 is 2. The van der Waals surface area contributed by atoms with Crippen LogP contribution in [0, 0.1) is 0 Å². The molecule has 0 atom stereocenters. The molecule has 0 aliphatic heterocycles. The van der Waals surface area contributed by atoms with Crippen molar-refractivity contribution in [1.29, 1.82) is 0 Å².